The van der Waals surface area contributed by atoms with Crippen molar-refractivity contribution < 1.29 is 13.2 Å². The molecule has 0 bridgehead atoms. The molecule has 0 atom stereocenters. The normalized spacial score (nSPS) is 14.3. The Morgan fingerprint density at radius 2 is 1.89 bits per heavy atom. The van der Waals surface area contributed by atoms with E-state index < -0.39 is 11.7 Å². The third-order valence-electron chi connectivity index (χ3n) is 4.60. The number of pyridine rings is 1. The second kappa shape index (κ2) is 6.56. The lowest BCUT2D eigenvalue weighted by Gasteiger charge is -2.28. The zero-order valence-electron chi connectivity index (χ0n) is 14.5. The van der Waals surface area contributed by atoms with Gasteiger partial charge in [-0.1, -0.05) is 29.3 Å². The maximum absolute atomic E-state index is 12.8. The van der Waals surface area contributed by atoms with Crippen LogP contribution in [-0.2, 0) is 19.1 Å². The van der Waals surface area contributed by atoms with E-state index in [4.69, 9.17) is 11.6 Å². The van der Waals surface area contributed by atoms with Crippen LogP contribution in [0.5, 0.6) is 0 Å². The van der Waals surface area contributed by atoms with Crippen LogP contribution in [0.25, 0.3) is 5.69 Å². The SMILES string of the molecule is Cc1ccc(-n2cc3c(n2)CCN(c2ncc(C(F)(F)F)cc2Cl)C3)cc1. The number of anilines is 1. The molecule has 3 heterocycles. The Balaban J connectivity index is 1.59. The van der Waals surface area contributed by atoms with Crippen molar-refractivity contribution in [3.8, 4) is 5.69 Å². The van der Waals surface area contributed by atoms with Crippen LogP contribution in [0.4, 0.5) is 19.0 Å². The van der Waals surface area contributed by atoms with Crippen LogP contribution < -0.4 is 4.90 Å². The quantitative estimate of drug-likeness (QED) is 0.627. The fourth-order valence-electron chi connectivity index (χ4n) is 3.14. The van der Waals surface area contributed by atoms with Crippen molar-refractivity contribution in [1.29, 1.82) is 0 Å². The highest BCUT2D eigenvalue weighted by Crippen LogP contribution is 2.35. The number of halogens is 4. The summed E-state index contributed by atoms with van der Waals surface area (Å²) in [5.41, 5.74) is 3.28. The van der Waals surface area contributed by atoms with Gasteiger partial charge in [-0.3, -0.25) is 0 Å². The van der Waals surface area contributed by atoms with Gasteiger partial charge in [0.1, 0.15) is 5.82 Å². The van der Waals surface area contributed by atoms with Crippen LogP contribution in [0.3, 0.4) is 0 Å². The number of nitrogens with zero attached hydrogens (tertiary/aromatic N) is 4. The maximum Gasteiger partial charge on any atom is 0.417 e. The summed E-state index contributed by atoms with van der Waals surface area (Å²) in [6.07, 6.45) is -1.01. The molecule has 4 rings (SSSR count). The molecule has 0 saturated carbocycles. The van der Waals surface area contributed by atoms with E-state index in [1.165, 1.54) is 5.56 Å². The van der Waals surface area contributed by atoms with Gasteiger partial charge < -0.3 is 4.90 Å². The Labute approximate surface area is 159 Å². The highest BCUT2D eigenvalue weighted by molar-refractivity contribution is 6.33. The summed E-state index contributed by atoms with van der Waals surface area (Å²) in [5, 5.41) is 4.63. The number of alkyl halides is 3. The van der Waals surface area contributed by atoms with E-state index in [-0.39, 0.29) is 5.02 Å². The number of fused-ring (bicyclic) bond motifs is 1. The van der Waals surface area contributed by atoms with Gasteiger partial charge >= 0.3 is 6.18 Å². The van der Waals surface area contributed by atoms with Gasteiger partial charge in [0.2, 0.25) is 0 Å². The van der Waals surface area contributed by atoms with Crippen molar-refractivity contribution in [2.24, 2.45) is 0 Å². The zero-order valence-corrected chi connectivity index (χ0v) is 15.2. The number of hydrogen-bond donors (Lipinski definition) is 0. The molecule has 27 heavy (non-hydrogen) atoms. The Kier molecular flexibility index (Phi) is 4.34. The summed E-state index contributed by atoms with van der Waals surface area (Å²) in [7, 11) is 0. The Morgan fingerprint density at radius 1 is 1.15 bits per heavy atom. The molecule has 140 valence electrons. The van der Waals surface area contributed by atoms with E-state index in [1.807, 2.05) is 47.0 Å². The van der Waals surface area contributed by atoms with Gasteiger partial charge in [0.15, 0.2) is 0 Å². The van der Waals surface area contributed by atoms with Crippen molar-refractivity contribution in [1.82, 2.24) is 14.8 Å². The molecular formula is C19H16ClF3N4. The van der Waals surface area contributed by atoms with E-state index in [2.05, 4.69) is 10.1 Å². The molecule has 2 aromatic heterocycles. The molecule has 0 unspecified atom stereocenters. The maximum atomic E-state index is 12.8. The molecule has 0 spiro atoms. The molecule has 0 radical (unpaired) electrons. The first-order valence-electron chi connectivity index (χ1n) is 8.43. The van der Waals surface area contributed by atoms with Crippen LogP contribution >= 0.6 is 11.6 Å². The van der Waals surface area contributed by atoms with Crippen molar-refractivity contribution >= 4 is 17.4 Å². The van der Waals surface area contributed by atoms with E-state index >= 15 is 0 Å². The van der Waals surface area contributed by atoms with Crippen molar-refractivity contribution in [3.05, 3.63) is 70.1 Å². The van der Waals surface area contributed by atoms with Gasteiger partial charge in [-0.15, -0.1) is 0 Å². The fourth-order valence-corrected chi connectivity index (χ4v) is 3.43. The largest absolute Gasteiger partial charge is 0.417 e. The molecule has 0 amide bonds. The summed E-state index contributed by atoms with van der Waals surface area (Å²) in [5.74, 6) is 0.360. The van der Waals surface area contributed by atoms with E-state index in [0.29, 0.717) is 25.3 Å². The lowest BCUT2D eigenvalue weighted by molar-refractivity contribution is -0.137. The number of hydrogen-bond acceptors (Lipinski definition) is 3. The predicted molar refractivity (Wildman–Crippen MR) is 97.3 cm³/mol. The molecule has 0 aliphatic carbocycles. The monoisotopic (exact) mass is 392 g/mol. The smallest absolute Gasteiger partial charge is 0.351 e. The number of aryl methyl sites for hydroxylation is 1. The first kappa shape index (κ1) is 17.9. The number of aromatic nitrogens is 3. The molecule has 1 aromatic carbocycles. The lowest BCUT2D eigenvalue weighted by atomic mass is 10.1. The zero-order chi connectivity index (χ0) is 19.2. The summed E-state index contributed by atoms with van der Waals surface area (Å²) >= 11 is 6.09. The van der Waals surface area contributed by atoms with Crippen molar-refractivity contribution in [2.45, 2.75) is 26.1 Å². The summed E-state index contributed by atoms with van der Waals surface area (Å²) < 4.78 is 40.2. The van der Waals surface area contributed by atoms with Crippen molar-refractivity contribution in [3.63, 3.8) is 0 Å². The molecule has 3 aromatic rings. The lowest BCUT2D eigenvalue weighted by Crippen LogP contribution is -2.31. The van der Waals surface area contributed by atoms with Gasteiger partial charge in [0.25, 0.3) is 0 Å². The molecule has 1 aliphatic rings. The Bertz CT molecular complexity index is 980. The molecule has 0 fully saturated rings. The average molecular weight is 393 g/mol. The van der Waals surface area contributed by atoms with Gasteiger partial charge in [-0.2, -0.15) is 18.3 Å². The minimum absolute atomic E-state index is 0.000739. The molecule has 1 aliphatic heterocycles. The summed E-state index contributed by atoms with van der Waals surface area (Å²) in [6, 6.07) is 8.97. The van der Waals surface area contributed by atoms with Crippen molar-refractivity contribution in [2.75, 3.05) is 11.4 Å². The van der Waals surface area contributed by atoms with E-state index in [9.17, 15) is 13.2 Å². The highest BCUT2D eigenvalue weighted by atomic mass is 35.5. The predicted octanol–water partition coefficient (Wildman–Crippen LogP) is 4.81. The summed E-state index contributed by atoms with van der Waals surface area (Å²) in [4.78, 5) is 5.84. The third-order valence-corrected chi connectivity index (χ3v) is 4.88. The second-order valence-electron chi connectivity index (χ2n) is 6.58. The first-order chi connectivity index (χ1) is 12.8. The van der Waals surface area contributed by atoms with Gasteiger partial charge in [0, 0.05) is 37.5 Å². The number of benzene rings is 1. The first-order valence-corrected chi connectivity index (χ1v) is 8.81. The van der Waals surface area contributed by atoms with E-state index in [1.54, 1.807) is 0 Å². The van der Waals surface area contributed by atoms with Crippen LogP contribution in [-0.4, -0.2) is 21.3 Å². The topological polar surface area (TPSA) is 34.0 Å². The average Bonchev–Trinajstić information content (AvgIpc) is 3.04. The van der Waals surface area contributed by atoms with Crippen LogP contribution in [0.2, 0.25) is 5.02 Å². The Hall–Kier alpha value is -2.54. The van der Waals surface area contributed by atoms with Gasteiger partial charge in [0.05, 0.1) is 22.0 Å². The van der Waals surface area contributed by atoms with E-state index in [0.717, 1.165) is 29.2 Å². The standard InChI is InChI=1S/C19H16ClF3N4/c1-12-2-4-15(5-3-12)27-11-13-10-26(7-6-17(13)25-27)18-16(20)8-14(9-24-18)19(21,22)23/h2-5,8-9,11H,6-7,10H2,1H3. The molecule has 0 N–H and O–H groups in total. The number of rotatable bonds is 2. The van der Waals surface area contributed by atoms with Gasteiger partial charge in [-0.05, 0) is 25.1 Å². The molecule has 8 heteroatoms. The third kappa shape index (κ3) is 3.51. The van der Waals surface area contributed by atoms with Crippen LogP contribution in [0.15, 0.2) is 42.7 Å². The molecule has 4 nitrogen and oxygen atoms in total. The minimum atomic E-state index is -4.46. The minimum Gasteiger partial charge on any atom is -0.351 e. The second-order valence-corrected chi connectivity index (χ2v) is 6.99. The summed E-state index contributed by atoms with van der Waals surface area (Å²) in [6.45, 7) is 3.12. The Morgan fingerprint density at radius 3 is 2.56 bits per heavy atom. The molecular weight excluding hydrogens is 377 g/mol. The molecule has 0 saturated heterocycles. The highest BCUT2D eigenvalue weighted by Gasteiger charge is 2.32. The van der Waals surface area contributed by atoms with Gasteiger partial charge in [-0.25, -0.2) is 9.67 Å². The van der Waals surface area contributed by atoms with Crippen LogP contribution in [0.1, 0.15) is 22.4 Å². The fraction of sp³-hybridized carbons (Fsp3) is 0.263. The van der Waals surface area contributed by atoms with Crippen LogP contribution in [0, 0.1) is 6.92 Å².